The second kappa shape index (κ2) is 11.7. The molecule has 3 aromatic rings. The molecule has 36 heavy (non-hydrogen) atoms. The van der Waals surface area contributed by atoms with Crippen LogP contribution in [0.4, 0.5) is 9.80 Å². The Balaban J connectivity index is 1.34. The van der Waals surface area contributed by atoms with Gasteiger partial charge in [0.25, 0.3) is 0 Å². The Kier molecular flexibility index (Phi) is 8.23. The zero-order chi connectivity index (χ0) is 25.5. The molecule has 188 valence electrons. The van der Waals surface area contributed by atoms with Crippen molar-refractivity contribution in [3.63, 3.8) is 0 Å². The SMILES string of the molecule is CCOc1ccccc1CCC(=O)Nc1sc2c(c1C#N)CCC(OC(=O)NC(C)c1cnc[nH]1)C2. The van der Waals surface area contributed by atoms with E-state index in [-0.39, 0.29) is 24.5 Å². The number of imidazole rings is 1. The fraction of sp³-hybridized carbons (Fsp3) is 0.385. The number of hydrogen-bond donors (Lipinski definition) is 3. The highest BCUT2D eigenvalue weighted by molar-refractivity contribution is 7.16. The number of anilines is 1. The topological polar surface area (TPSA) is 129 Å². The number of aromatic amines is 1. The summed E-state index contributed by atoms with van der Waals surface area (Å²) >= 11 is 1.39. The van der Waals surface area contributed by atoms with E-state index >= 15 is 0 Å². The molecule has 2 heterocycles. The first-order valence-electron chi connectivity index (χ1n) is 12.0. The molecule has 4 rings (SSSR count). The average molecular weight is 508 g/mol. The Morgan fingerprint density at radius 1 is 1.36 bits per heavy atom. The van der Waals surface area contributed by atoms with Crippen molar-refractivity contribution in [1.29, 1.82) is 5.26 Å². The summed E-state index contributed by atoms with van der Waals surface area (Å²) in [4.78, 5) is 33.0. The molecule has 2 amide bonds. The van der Waals surface area contributed by atoms with Crippen LogP contribution < -0.4 is 15.4 Å². The molecule has 9 nitrogen and oxygen atoms in total. The number of benzene rings is 1. The summed E-state index contributed by atoms with van der Waals surface area (Å²) < 4.78 is 11.3. The van der Waals surface area contributed by atoms with Crippen molar-refractivity contribution in [2.75, 3.05) is 11.9 Å². The number of para-hydroxylation sites is 1. The zero-order valence-corrected chi connectivity index (χ0v) is 21.1. The van der Waals surface area contributed by atoms with E-state index in [1.54, 1.807) is 12.5 Å². The minimum Gasteiger partial charge on any atom is -0.494 e. The van der Waals surface area contributed by atoms with Gasteiger partial charge >= 0.3 is 6.09 Å². The molecular weight excluding hydrogens is 478 g/mol. The number of H-pyrrole nitrogens is 1. The average Bonchev–Trinajstić information content (AvgIpc) is 3.51. The minimum atomic E-state index is -0.497. The van der Waals surface area contributed by atoms with Gasteiger partial charge < -0.3 is 25.1 Å². The van der Waals surface area contributed by atoms with Gasteiger partial charge in [-0.05, 0) is 50.3 Å². The van der Waals surface area contributed by atoms with Crippen LogP contribution in [0, 0.1) is 11.3 Å². The maximum absolute atomic E-state index is 12.7. The maximum Gasteiger partial charge on any atom is 0.407 e. The number of ether oxygens (including phenoxy) is 2. The van der Waals surface area contributed by atoms with Gasteiger partial charge in [-0.2, -0.15) is 5.26 Å². The van der Waals surface area contributed by atoms with Gasteiger partial charge in [0.1, 0.15) is 22.9 Å². The van der Waals surface area contributed by atoms with Gasteiger partial charge in [0.2, 0.25) is 5.91 Å². The summed E-state index contributed by atoms with van der Waals surface area (Å²) in [6.45, 7) is 4.33. The fourth-order valence-corrected chi connectivity index (χ4v) is 5.53. The number of thiophene rings is 1. The second-order valence-corrected chi connectivity index (χ2v) is 9.66. The minimum absolute atomic E-state index is 0.156. The van der Waals surface area contributed by atoms with Crippen LogP contribution in [0.15, 0.2) is 36.8 Å². The Hall–Kier alpha value is -3.84. The highest BCUT2D eigenvalue weighted by atomic mass is 32.1. The van der Waals surface area contributed by atoms with E-state index in [4.69, 9.17) is 9.47 Å². The molecule has 0 aliphatic heterocycles. The summed E-state index contributed by atoms with van der Waals surface area (Å²) in [5.41, 5.74) is 3.21. The lowest BCUT2D eigenvalue weighted by molar-refractivity contribution is -0.116. The van der Waals surface area contributed by atoms with Gasteiger partial charge in [0.15, 0.2) is 0 Å². The number of aryl methyl sites for hydroxylation is 1. The lowest BCUT2D eigenvalue weighted by Gasteiger charge is -2.23. The molecule has 0 fully saturated rings. The third kappa shape index (κ3) is 6.04. The summed E-state index contributed by atoms with van der Waals surface area (Å²) in [5.74, 6) is 0.627. The van der Waals surface area contributed by atoms with Crippen LogP contribution >= 0.6 is 11.3 Å². The Morgan fingerprint density at radius 3 is 2.94 bits per heavy atom. The van der Waals surface area contributed by atoms with E-state index < -0.39 is 6.09 Å². The van der Waals surface area contributed by atoms with Crippen molar-refractivity contribution in [3.8, 4) is 11.8 Å². The summed E-state index contributed by atoms with van der Waals surface area (Å²) in [6.07, 6.45) is 4.97. The second-order valence-electron chi connectivity index (χ2n) is 8.55. The number of fused-ring (bicyclic) bond motifs is 1. The number of hydrogen-bond acceptors (Lipinski definition) is 7. The summed E-state index contributed by atoms with van der Waals surface area (Å²) in [7, 11) is 0. The maximum atomic E-state index is 12.7. The lowest BCUT2D eigenvalue weighted by Crippen LogP contribution is -2.33. The standard InChI is InChI=1S/C26H29N5O4S/c1-3-34-22-7-5-4-6-17(22)8-11-24(32)31-25-20(13-27)19-10-9-18(12-23(19)36-25)35-26(33)30-16(2)21-14-28-15-29-21/h4-7,14-16,18H,3,8-12H2,1-2H3,(H,28,29)(H,30,33)(H,31,32). The first-order valence-corrected chi connectivity index (χ1v) is 12.8. The van der Waals surface area contributed by atoms with E-state index in [0.29, 0.717) is 42.9 Å². The molecule has 10 heteroatoms. The molecule has 2 unspecified atom stereocenters. The molecular formula is C26H29N5O4S. The molecule has 2 aromatic heterocycles. The molecule has 1 aromatic carbocycles. The number of rotatable bonds is 9. The normalized spacial score (nSPS) is 15.3. The van der Waals surface area contributed by atoms with E-state index in [9.17, 15) is 14.9 Å². The van der Waals surface area contributed by atoms with Crippen LogP contribution in [-0.4, -0.2) is 34.7 Å². The van der Waals surface area contributed by atoms with Crippen molar-refractivity contribution in [3.05, 3.63) is 64.1 Å². The van der Waals surface area contributed by atoms with Crippen molar-refractivity contribution >= 4 is 28.3 Å². The molecule has 3 N–H and O–H groups in total. The highest BCUT2D eigenvalue weighted by Gasteiger charge is 2.29. The van der Waals surface area contributed by atoms with Crippen molar-refractivity contribution in [2.45, 2.75) is 58.1 Å². The van der Waals surface area contributed by atoms with Crippen molar-refractivity contribution < 1.29 is 19.1 Å². The number of nitriles is 1. The molecule has 0 radical (unpaired) electrons. The molecule has 1 aliphatic rings. The van der Waals surface area contributed by atoms with E-state index in [2.05, 4.69) is 26.7 Å². The van der Waals surface area contributed by atoms with Gasteiger partial charge in [-0.25, -0.2) is 9.78 Å². The Bertz CT molecular complexity index is 1250. The van der Waals surface area contributed by atoms with Crippen LogP contribution in [0.1, 0.15) is 60.0 Å². The van der Waals surface area contributed by atoms with E-state index in [0.717, 1.165) is 27.4 Å². The molecule has 0 bridgehead atoms. The van der Waals surface area contributed by atoms with Gasteiger partial charge in [-0.15, -0.1) is 11.3 Å². The zero-order valence-electron chi connectivity index (χ0n) is 20.3. The summed E-state index contributed by atoms with van der Waals surface area (Å²) in [6, 6.07) is 9.68. The number of alkyl carbamates (subject to hydrolysis) is 1. The van der Waals surface area contributed by atoms with Crippen LogP contribution in [0.25, 0.3) is 0 Å². The number of aromatic nitrogens is 2. The van der Waals surface area contributed by atoms with Gasteiger partial charge in [0, 0.05) is 17.7 Å². The van der Waals surface area contributed by atoms with Crippen molar-refractivity contribution in [1.82, 2.24) is 15.3 Å². The van der Waals surface area contributed by atoms with Crippen LogP contribution in [0.2, 0.25) is 0 Å². The monoisotopic (exact) mass is 507 g/mol. The molecule has 1 aliphatic carbocycles. The van der Waals surface area contributed by atoms with E-state index in [1.165, 1.54) is 11.3 Å². The van der Waals surface area contributed by atoms with Crippen LogP contribution in [0.3, 0.4) is 0 Å². The number of carbonyl (C=O) groups is 2. The number of amides is 2. The lowest BCUT2D eigenvalue weighted by atomic mass is 9.94. The number of nitrogens with one attached hydrogen (secondary N) is 3. The fourth-order valence-electron chi connectivity index (χ4n) is 4.25. The van der Waals surface area contributed by atoms with Gasteiger partial charge in [-0.3, -0.25) is 4.79 Å². The molecule has 0 saturated heterocycles. The Labute approximate surface area is 213 Å². The molecule has 0 saturated carbocycles. The first-order chi connectivity index (χ1) is 17.5. The largest absolute Gasteiger partial charge is 0.494 e. The third-order valence-corrected chi connectivity index (χ3v) is 7.24. The predicted octanol–water partition coefficient (Wildman–Crippen LogP) is 4.66. The third-order valence-electron chi connectivity index (χ3n) is 6.07. The van der Waals surface area contributed by atoms with E-state index in [1.807, 2.05) is 38.1 Å². The smallest absolute Gasteiger partial charge is 0.407 e. The predicted molar refractivity (Wildman–Crippen MR) is 136 cm³/mol. The first kappa shape index (κ1) is 25.3. The van der Waals surface area contributed by atoms with Crippen molar-refractivity contribution in [2.24, 2.45) is 0 Å². The summed E-state index contributed by atoms with van der Waals surface area (Å²) in [5, 5.41) is 16.0. The molecule has 0 spiro atoms. The Morgan fingerprint density at radius 2 is 2.19 bits per heavy atom. The van der Waals surface area contributed by atoms with Crippen LogP contribution in [0.5, 0.6) is 5.75 Å². The quantitative estimate of drug-likeness (QED) is 0.386. The number of nitrogens with zero attached hydrogens (tertiary/aromatic N) is 2. The van der Waals surface area contributed by atoms with Gasteiger partial charge in [0.05, 0.1) is 36.4 Å². The van der Waals surface area contributed by atoms with Gasteiger partial charge in [-0.1, -0.05) is 18.2 Å². The number of carbonyl (C=O) groups excluding carboxylic acids is 2. The molecule has 2 atom stereocenters. The van der Waals surface area contributed by atoms with Crippen LogP contribution in [-0.2, 0) is 28.8 Å². The highest BCUT2D eigenvalue weighted by Crippen LogP contribution is 2.38.